The molecule has 0 radical (unpaired) electrons. The first-order valence-corrected chi connectivity index (χ1v) is 11.4. The molecule has 10 heteroatoms. The Balaban J connectivity index is 1.37. The van der Waals surface area contributed by atoms with Gasteiger partial charge in [-0.3, -0.25) is 9.59 Å². The van der Waals surface area contributed by atoms with Crippen LogP contribution >= 0.6 is 0 Å². The first-order chi connectivity index (χ1) is 14.4. The Morgan fingerprint density at radius 1 is 1.07 bits per heavy atom. The highest BCUT2D eigenvalue weighted by Gasteiger charge is 2.38. The summed E-state index contributed by atoms with van der Waals surface area (Å²) in [6.07, 6.45) is 7.37. The van der Waals surface area contributed by atoms with Crippen molar-refractivity contribution in [2.75, 3.05) is 16.6 Å². The number of hydrogen-bond acceptors (Lipinski definition) is 6. The second kappa shape index (κ2) is 8.39. The van der Waals surface area contributed by atoms with Crippen LogP contribution < -0.4 is 10.0 Å². The number of nitrogens with one attached hydrogen (secondary N) is 2. The molecule has 2 aromatic rings. The molecule has 0 spiro atoms. The van der Waals surface area contributed by atoms with Gasteiger partial charge in [0.05, 0.1) is 10.8 Å². The molecule has 1 saturated carbocycles. The maximum Gasteiger partial charge on any atom is 0.264 e. The van der Waals surface area contributed by atoms with Gasteiger partial charge in [-0.25, -0.2) is 23.1 Å². The predicted octanol–water partition coefficient (Wildman–Crippen LogP) is 2.01. The number of nitrogens with zero attached hydrogens (tertiary/aromatic N) is 3. The van der Waals surface area contributed by atoms with Crippen LogP contribution in [0.1, 0.15) is 32.1 Å². The average Bonchev–Trinajstić information content (AvgIpc) is 3.38. The summed E-state index contributed by atoms with van der Waals surface area (Å²) in [5, 5.41) is 2.79. The minimum absolute atomic E-state index is 0.0207. The van der Waals surface area contributed by atoms with Gasteiger partial charge in [-0.15, -0.1) is 0 Å². The third kappa shape index (κ3) is 4.43. The van der Waals surface area contributed by atoms with Gasteiger partial charge in [0.2, 0.25) is 17.8 Å². The quantitative estimate of drug-likeness (QED) is 0.724. The number of rotatable bonds is 6. The molecular formula is C20H23N5O4S. The van der Waals surface area contributed by atoms with E-state index in [-0.39, 0.29) is 35.1 Å². The summed E-state index contributed by atoms with van der Waals surface area (Å²) < 4.78 is 27.1. The molecule has 1 aliphatic carbocycles. The summed E-state index contributed by atoms with van der Waals surface area (Å²) in [5.74, 6) is -0.598. The lowest BCUT2D eigenvalue weighted by molar-refractivity contribution is -0.129. The summed E-state index contributed by atoms with van der Waals surface area (Å²) >= 11 is 0. The molecule has 2 fully saturated rings. The van der Waals surface area contributed by atoms with Gasteiger partial charge in [0.15, 0.2) is 0 Å². The number of sulfonamides is 1. The predicted molar refractivity (Wildman–Crippen MR) is 110 cm³/mol. The van der Waals surface area contributed by atoms with Crippen molar-refractivity contribution < 1.29 is 18.0 Å². The Labute approximate surface area is 175 Å². The van der Waals surface area contributed by atoms with Gasteiger partial charge >= 0.3 is 0 Å². The smallest absolute Gasteiger partial charge is 0.264 e. The van der Waals surface area contributed by atoms with Crippen LogP contribution in [0, 0.1) is 5.92 Å². The molecular weight excluding hydrogens is 406 g/mol. The molecule has 2 heterocycles. The molecule has 1 aromatic carbocycles. The molecule has 2 N–H and O–H groups in total. The molecule has 1 aromatic heterocycles. The second-order valence-corrected chi connectivity index (χ2v) is 9.26. The largest absolute Gasteiger partial charge is 0.339 e. The highest BCUT2D eigenvalue weighted by Crippen LogP contribution is 2.30. The van der Waals surface area contributed by atoms with Crippen molar-refractivity contribution in [1.82, 2.24) is 14.9 Å². The highest BCUT2D eigenvalue weighted by atomic mass is 32.2. The zero-order valence-electron chi connectivity index (χ0n) is 16.3. The number of anilines is 2. The van der Waals surface area contributed by atoms with Gasteiger partial charge in [-0.2, -0.15) is 0 Å². The fourth-order valence-corrected chi connectivity index (χ4v) is 4.93. The topological polar surface area (TPSA) is 121 Å². The van der Waals surface area contributed by atoms with Gasteiger partial charge < -0.3 is 10.2 Å². The molecule has 0 bridgehead atoms. The van der Waals surface area contributed by atoms with Crippen LogP contribution in [-0.4, -0.2) is 47.7 Å². The minimum atomic E-state index is -3.84. The Kier molecular flexibility index (Phi) is 5.67. The zero-order valence-corrected chi connectivity index (χ0v) is 17.1. The number of likely N-dealkylation sites (tertiary alicyclic amines) is 1. The molecule has 9 nitrogen and oxygen atoms in total. The maximum absolute atomic E-state index is 12.6. The average molecular weight is 430 g/mol. The fraction of sp³-hybridized carbons (Fsp3) is 0.400. The van der Waals surface area contributed by atoms with E-state index in [0.29, 0.717) is 12.2 Å². The summed E-state index contributed by atoms with van der Waals surface area (Å²) in [7, 11) is -3.84. The Hall–Kier alpha value is -3.01. The van der Waals surface area contributed by atoms with E-state index in [4.69, 9.17) is 0 Å². The van der Waals surface area contributed by atoms with Gasteiger partial charge in [0, 0.05) is 37.1 Å². The highest BCUT2D eigenvalue weighted by molar-refractivity contribution is 7.92. The van der Waals surface area contributed by atoms with Gasteiger partial charge in [-0.1, -0.05) is 12.8 Å². The molecule has 158 valence electrons. The van der Waals surface area contributed by atoms with E-state index in [2.05, 4.69) is 20.0 Å². The Bertz CT molecular complexity index is 1020. The maximum atomic E-state index is 12.6. The standard InChI is InChI=1S/C20H23N5O4S/c26-18-12-14(13-25(18)16-4-1-2-5-16)19(27)23-15-6-8-17(9-7-15)30(28,29)24-20-21-10-3-11-22-20/h3,6-11,14,16H,1-2,4-5,12-13H2,(H,23,27)(H,21,22,24). The normalized spacial score (nSPS) is 19.8. The van der Waals surface area contributed by atoms with Crippen molar-refractivity contribution in [2.45, 2.75) is 43.0 Å². The van der Waals surface area contributed by atoms with Crippen molar-refractivity contribution in [3.8, 4) is 0 Å². The summed E-state index contributed by atoms with van der Waals surface area (Å²) in [5.41, 5.74) is 0.474. The number of benzene rings is 1. The summed E-state index contributed by atoms with van der Waals surface area (Å²) in [6, 6.07) is 7.67. The van der Waals surface area contributed by atoms with E-state index in [1.807, 2.05) is 4.90 Å². The van der Waals surface area contributed by atoms with Gasteiger partial charge in [-0.05, 0) is 43.2 Å². The number of aromatic nitrogens is 2. The molecule has 1 saturated heterocycles. The molecule has 1 aliphatic heterocycles. The van der Waals surface area contributed by atoms with Crippen molar-refractivity contribution in [1.29, 1.82) is 0 Å². The number of amides is 2. The van der Waals surface area contributed by atoms with Crippen LogP contribution in [0.25, 0.3) is 0 Å². The van der Waals surface area contributed by atoms with Crippen LogP contribution in [0.5, 0.6) is 0 Å². The molecule has 1 unspecified atom stereocenters. The van der Waals surface area contributed by atoms with Crippen molar-refractivity contribution >= 4 is 33.5 Å². The molecule has 2 aliphatic rings. The lowest BCUT2D eigenvalue weighted by Crippen LogP contribution is -2.35. The lowest BCUT2D eigenvalue weighted by Gasteiger charge is -2.23. The van der Waals surface area contributed by atoms with Crippen molar-refractivity contribution in [3.05, 3.63) is 42.7 Å². The van der Waals surface area contributed by atoms with Gasteiger partial charge in [0.25, 0.3) is 10.0 Å². The van der Waals surface area contributed by atoms with Crippen LogP contribution in [0.15, 0.2) is 47.6 Å². The van der Waals surface area contributed by atoms with E-state index in [9.17, 15) is 18.0 Å². The third-order valence-corrected chi connectivity index (χ3v) is 6.86. The zero-order chi connectivity index (χ0) is 21.1. The van der Waals surface area contributed by atoms with E-state index in [0.717, 1.165) is 25.7 Å². The fourth-order valence-electron chi connectivity index (χ4n) is 3.97. The number of hydrogen-bond donors (Lipinski definition) is 2. The summed E-state index contributed by atoms with van der Waals surface area (Å²) in [6.45, 7) is 0.447. The molecule has 2 amide bonds. The van der Waals surface area contributed by atoms with E-state index in [1.165, 1.54) is 36.7 Å². The SMILES string of the molecule is O=C(Nc1ccc(S(=O)(=O)Nc2ncccn2)cc1)C1CC(=O)N(C2CCCC2)C1. The van der Waals surface area contributed by atoms with Crippen molar-refractivity contribution in [2.24, 2.45) is 5.92 Å². The molecule has 4 rings (SSSR count). The van der Waals surface area contributed by atoms with Crippen LogP contribution in [0.2, 0.25) is 0 Å². The van der Waals surface area contributed by atoms with Crippen LogP contribution in [0.4, 0.5) is 11.6 Å². The molecule has 30 heavy (non-hydrogen) atoms. The Morgan fingerprint density at radius 3 is 2.40 bits per heavy atom. The monoisotopic (exact) mass is 429 g/mol. The number of carbonyl (C=O) groups excluding carboxylic acids is 2. The first kappa shape index (κ1) is 20.3. The number of carbonyl (C=O) groups is 2. The Morgan fingerprint density at radius 2 is 1.73 bits per heavy atom. The van der Waals surface area contributed by atoms with E-state index < -0.39 is 15.9 Å². The van der Waals surface area contributed by atoms with Gasteiger partial charge in [0.1, 0.15) is 0 Å². The lowest BCUT2D eigenvalue weighted by atomic mass is 10.1. The summed E-state index contributed by atoms with van der Waals surface area (Å²) in [4.78, 5) is 34.5. The van der Waals surface area contributed by atoms with E-state index >= 15 is 0 Å². The van der Waals surface area contributed by atoms with Crippen LogP contribution in [-0.2, 0) is 19.6 Å². The minimum Gasteiger partial charge on any atom is -0.339 e. The molecule has 1 atom stereocenters. The third-order valence-electron chi connectivity index (χ3n) is 5.52. The van der Waals surface area contributed by atoms with E-state index in [1.54, 1.807) is 6.07 Å². The first-order valence-electron chi connectivity index (χ1n) is 9.92. The second-order valence-electron chi connectivity index (χ2n) is 7.58. The van der Waals surface area contributed by atoms with Crippen molar-refractivity contribution in [3.63, 3.8) is 0 Å². The van der Waals surface area contributed by atoms with Crippen LogP contribution in [0.3, 0.4) is 0 Å².